The lowest BCUT2D eigenvalue weighted by atomic mass is 10.3. The minimum Gasteiger partial charge on any atom is -0.477 e. The number of nitriles is 1. The topological polar surface area (TPSA) is 86.9 Å². The molecule has 5 nitrogen and oxygen atoms in total. The fourth-order valence-electron chi connectivity index (χ4n) is 1.25. The normalized spacial score (nSPS) is 9.72. The second kappa shape index (κ2) is 5.29. The van der Waals surface area contributed by atoms with Crippen LogP contribution in [0.15, 0.2) is 46.6 Å². The highest BCUT2D eigenvalue weighted by Crippen LogP contribution is 2.26. The van der Waals surface area contributed by atoms with Crippen molar-refractivity contribution in [1.82, 2.24) is 9.97 Å². The molecule has 0 radical (unpaired) electrons. The van der Waals surface area contributed by atoms with Gasteiger partial charge in [0.25, 0.3) is 0 Å². The Balaban J connectivity index is 2.26. The molecule has 0 aliphatic carbocycles. The molecule has 0 bridgehead atoms. The highest BCUT2D eigenvalue weighted by atomic mass is 32.2. The van der Waals surface area contributed by atoms with E-state index in [1.165, 1.54) is 24.0 Å². The van der Waals surface area contributed by atoms with Crippen LogP contribution in [0.4, 0.5) is 0 Å². The van der Waals surface area contributed by atoms with Crippen LogP contribution in [0.1, 0.15) is 16.1 Å². The summed E-state index contributed by atoms with van der Waals surface area (Å²) in [6.07, 6.45) is 2.97. The zero-order valence-electron chi connectivity index (χ0n) is 9.07. The number of nitrogens with zero attached hydrogens (tertiary/aromatic N) is 3. The van der Waals surface area contributed by atoms with Crippen molar-refractivity contribution < 1.29 is 9.90 Å². The van der Waals surface area contributed by atoms with Crippen LogP contribution in [0.5, 0.6) is 0 Å². The molecule has 0 aromatic carbocycles. The highest BCUT2D eigenvalue weighted by molar-refractivity contribution is 7.99. The Kier molecular flexibility index (Phi) is 3.55. The van der Waals surface area contributed by atoms with E-state index in [9.17, 15) is 4.79 Å². The van der Waals surface area contributed by atoms with Crippen LogP contribution in [0.2, 0.25) is 0 Å². The average molecular weight is 257 g/mol. The monoisotopic (exact) mass is 257 g/mol. The predicted molar refractivity (Wildman–Crippen MR) is 64.3 cm³/mol. The molecule has 18 heavy (non-hydrogen) atoms. The lowest BCUT2D eigenvalue weighted by Crippen LogP contribution is -1.99. The Morgan fingerprint density at radius 1 is 1.28 bits per heavy atom. The number of pyridine rings is 2. The third kappa shape index (κ3) is 2.84. The van der Waals surface area contributed by atoms with Crippen molar-refractivity contribution in [3.8, 4) is 6.07 Å². The number of rotatable bonds is 3. The Morgan fingerprint density at radius 2 is 2.06 bits per heavy atom. The van der Waals surface area contributed by atoms with Gasteiger partial charge in [0, 0.05) is 17.3 Å². The molecule has 88 valence electrons. The first-order valence-electron chi connectivity index (χ1n) is 4.92. The SMILES string of the molecule is N#Cc1ccnc(Sc2ccnc(C(=O)O)c2)c1. The van der Waals surface area contributed by atoms with Gasteiger partial charge >= 0.3 is 5.97 Å². The molecule has 0 unspecified atom stereocenters. The van der Waals surface area contributed by atoms with Gasteiger partial charge in [-0.3, -0.25) is 0 Å². The quantitative estimate of drug-likeness (QED) is 0.906. The summed E-state index contributed by atoms with van der Waals surface area (Å²) in [6.45, 7) is 0. The van der Waals surface area contributed by atoms with Gasteiger partial charge in [-0.25, -0.2) is 14.8 Å². The lowest BCUT2D eigenvalue weighted by Gasteiger charge is -2.01. The third-order valence-corrected chi connectivity index (χ3v) is 2.96. The van der Waals surface area contributed by atoms with Crippen molar-refractivity contribution in [3.63, 3.8) is 0 Å². The molecule has 0 aliphatic heterocycles. The maximum atomic E-state index is 10.8. The van der Waals surface area contributed by atoms with Gasteiger partial charge < -0.3 is 5.11 Å². The smallest absolute Gasteiger partial charge is 0.354 e. The van der Waals surface area contributed by atoms with Crippen LogP contribution < -0.4 is 0 Å². The summed E-state index contributed by atoms with van der Waals surface area (Å²) in [5.74, 6) is -1.07. The zero-order valence-corrected chi connectivity index (χ0v) is 9.89. The Morgan fingerprint density at radius 3 is 2.78 bits per heavy atom. The van der Waals surface area contributed by atoms with Crippen molar-refractivity contribution in [2.45, 2.75) is 9.92 Å². The van der Waals surface area contributed by atoms with Crippen LogP contribution in [-0.4, -0.2) is 21.0 Å². The van der Waals surface area contributed by atoms with E-state index in [1.807, 2.05) is 6.07 Å². The molecule has 0 fully saturated rings. The molecule has 0 saturated carbocycles. The number of carboxylic acids is 1. The lowest BCUT2D eigenvalue weighted by molar-refractivity contribution is 0.0690. The molecule has 0 spiro atoms. The van der Waals surface area contributed by atoms with Crippen molar-refractivity contribution in [2.75, 3.05) is 0 Å². The summed E-state index contributed by atoms with van der Waals surface area (Å²) >= 11 is 1.28. The van der Waals surface area contributed by atoms with Crippen LogP contribution >= 0.6 is 11.8 Å². The third-order valence-electron chi connectivity index (χ3n) is 2.04. The van der Waals surface area contributed by atoms with E-state index < -0.39 is 5.97 Å². The predicted octanol–water partition coefficient (Wildman–Crippen LogP) is 2.20. The number of aromatic carboxylic acids is 1. The molecule has 6 heteroatoms. The first kappa shape index (κ1) is 12.1. The molecular formula is C12H7N3O2S. The number of carbonyl (C=O) groups is 1. The van der Waals surface area contributed by atoms with Gasteiger partial charge in [-0.1, -0.05) is 11.8 Å². The van der Waals surface area contributed by atoms with E-state index in [0.717, 1.165) is 0 Å². The number of aromatic nitrogens is 2. The summed E-state index contributed by atoms with van der Waals surface area (Å²) < 4.78 is 0. The van der Waals surface area contributed by atoms with Gasteiger partial charge in [-0.2, -0.15) is 5.26 Å². The van der Waals surface area contributed by atoms with E-state index in [4.69, 9.17) is 10.4 Å². The number of hydrogen-bond acceptors (Lipinski definition) is 5. The van der Waals surface area contributed by atoms with E-state index in [0.29, 0.717) is 15.5 Å². The summed E-state index contributed by atoms with van der Waals surface area (Å²) in [5, 5.41) is 18.2. The number of hydrogen-bond donors (Lipinski definition) is 1. The van der Waals surface area contributed by atoms with E-state index in [-0.39, 0.29) is 5.69 Å². The molecule has 2 rings (SSSR count). The van der Waals surface area contributed by atoms with Crippen LogP contribution in [0.25, 0.3) is 0 Å². The molecule has 2 heterocycles. The standard InChI is InChI=1S/C12H7N3O2S/c13-7-8-1-3-15-11(5-8)18-9-2-4-14-10(6-9)12(16)17/h1-6H,(H,16,17). The molecule has 0 atom stereocenters. The molecule has 2 aromatic rings. The van der Waals surface area contributed by atoms with Gasteiger partial charge in [-0.05, 0) is 24.3 Å². The first-order chi connectivity index (χ1) is 8.69. The Labute approximate surface area is 107 Å². The van der Waals surface area contributed by atoms with Gasteiger partial charge in [0.15, 0.2) is 0 Å². The largest absolute Gasteiger partial charge is 0.477 e. The van der Waals surface area contributed by atoms with E-state index >= 15 is 0 Å². The van der Waals surface area contributed by atoms with Crippen LogP contribution in [0.3, 0.4) is 0 Å². The second-order valence-electron chi connectivity index (χ2n) is 3.28. The molecule has 0 aliphatic rings. The summed E-state index contributed by atoms with van der Waals surface area (Å²) in [4.78, 5) is 19.3. The zero-order chi connectivity index (χ0) is 13.0. The van der Waals surface area contributed by atoms with Gasteiger partial charge in [0.05, 0.1) is 11.6 Å². The fraction of sp³-hybridized carbons (Fsp3) is 0. The minimum atomic E-state index is -1.07. The second-order valence-corrected chi connectivity index (χ2v) is 4.37. The van der Waals surface area contributed by atoms with Crippen LogP contribution in [-0.2, 0) is 0 Å². The van der Waals surface area contributed by atoms with Gasteiger partial charge in [-0.15, -0.1) is 0 Å². The average Bonchev–Trinajstić information content (AvgIpc) is 2.39. The summed E-state index contributed by atoms with van der Waals surface area (Å²) in [7, 11) is 0. The molecular weight excluding hydrogens is 250 g/mol. The highest BCUT2D eigenvalue weighted by Gasteiger charge is 2.06. The fourth-order valence-corrected chi connectivity index (χ4v) is 2.09. The van der Waals surface area contributed by atoms with E-state index in [1.54, 1.807) is 24.4 Å². The summed E-state index contributed by atoms with van der Waals surface area (Å²) in [6, 6.07) is 8.44. The molecule has 2 aromatic heterocycles. The Bertz CT molecular complexity index is 637. The minimum absolute atomic E-state index is 0.0172. The summed E-state index contributed by atoms with van der Waals surface area (Å²) in [5.41, 5.74) is 0.497. The maximum absolute atomic E-state index is 10.8. The van der Waals surface area contributed by atoms with Gasteiger partial charge in [0.2, 0.25) is 0 Å². The molecule has 1 N–H and O–H groups in total. The van der Waals surface area contributed by atoms with Gasteiger partial charge in [0.1, 0.15) is 10.7 Å². The Hall–Kier alpha value is -2.39. The van der Waals surface area contributed by atoms with E-state index in [2.05, 4.69) is 9.97 Å². The molecule has 0 amide bonds. The van der Waals surface area contributed by atoms with Crippen molar-refractivity contribution in [1.29, 1.82) is 5.26 Å². The van der Waals surface area contributed by atoms with Crippen molar-refractivity contribution >= 4 is 17.7 Å². The van der Waals surface area contributed by atoms with Crippen molar-refractivity contribution in [3.05, 3.63) is 47.9 Å². The number of carboxylic acid groups (broad SMARTS) is 1. The van der Waals surface area contributed by atoms with Crippen molar-refractivity contribution in [2.24, 2.45) is 0 Å². The van der Waals surface area contributed by atoms with Crippen LogP contribution in [0, 0.1) is 11.3 Å². The first-order valence-corrected chi connectivity index (χ1v) is 5.74. The maximum Gasteiger partial charge on any atom is 0.354 e. The molecule has 0 saturated heterocycles.